The van der Waals surface area contributed by atoms with Crippen molar-refractivity contribution in [3.05, 3.63) is 101 Å². The van der Waals surface area contributed by atoms with Gasteiger partial charge in [0.1, 0.15) is 24.0 Å². The van der Waals surface area contributed by atoms with Crippen LogP contribution in [0.5, 0.6) is 5.75 Å². The molecule has 1 fully saturated rings. The molecule has 1 aliphatic carbocycles. The minimum absolute atomic E-state index is 0.0694. The Hall–Kier alpha value is -3.97. The molecule has 0 amide bonds. The van der Waals surface area contributed by atoms with Crippen LogP contribution in [0.15, 0.2) is 78.9 Å². The molecule has 11 heteroatoms. The number of carboxylic acids is 1. The first-order valence-electron chi connectivity index (χ1n) is 15.0. The van der Waals surface area contributed by atoms with Crippen molar-refractivity contribution in [2.75, 3.05) is 11.0 Å². The molecule has 0 saturated heterocycles. The Morgan fingerprint density at radius 3 is 2.41 bits per heavy atom. The lowest BCUT2D eigenvalue weighted by Gasteiger charge is -2.25. The minimum Gasteiger partial charge on any atom is -0.489 e. The number of rotatable bonds is 10. The van der Waals surface area contributed by atoms with E-state index in [0.29, 0.717) is 28.3 Å². The summed E-state index contributed by atoms with van der Waals surface area (Å²) >= 11 is 2.31. The summed E-state index contributed by atoms with van der Waals surface area (Å²) in [5.41, 5.74) is 5.89. The molecule has 4 aromatic carbocycles. The third kappa shape index (κ3) is 7.05. The summed E-state index contributed by atoms with van der Waals surface area (Å²) < 4.78 is 51.3. The molecule has 238 valence electrons. The van der Waals surface area contributed by atoms with Gasteiger partial charge in [-0.2, -0.15) is 0 Å². The normalized spacial score (nSPS) is 14.0. The number of sulfonamides is 1. The molecule has 0 unspecified atom stereocenters. The molecular weight excluding hydrogens is 720 g/mol. The lowest BCUT2D eigenvalue weighted by Crippen LogP contribution is -2.14. The van der Waals surface area contributed by atoms with Crippen LogP contribution in [0.1, 0.15) is 59.6 Å². The van der Waals surface area contributed by atoms with Crippen LogP contribution in [0.3, 0.4) is 0 Å². The number of halogens is 2. The number of carboxylic acid groups (broad SMARTS) is 1. The predicted molar refractivity (Wildman–Crippen MR) is 187 cm³/mol. The third-order valence-electron chi connectivity index (χ3n) is 8.28. The maximum atomic E-state index is 15.9. The van der Waals surface area contributed by atoms with Gasteiger partial charge >= 0.3 is 5.97 Å². The number of aromatic carboxylic acids is 1. The number of hydrogen-bond acceptors (Lipinski definition) is 5. The lowest BCUT2D eigenvalue weighted by molar-refractivity contribution is 0.0697. The van der Waals surface area contributed by atoms with Crippen molar-refractivity contribution in [2.45, 2.75) is 49.2 Å². The van der Waals surface area contributed by atoms with E-state index in [-0.39, 0.29) is 18.2 Å². The number of ether oxygens (including phenoxy) is 1. The highest BCUT2D eigenvalue weighted by molar-refractivity contribution is 14.1. The highest BCUT2D eigenvalue weighted by Gasteiger charge is 2.25. The van der Waals surface area contributed by atoms with Gasteiger partial charge in [0.2, 0.25) is 10.0 Å². The van der Waals surface area contributed by atoms with Crippen molar-refractivity contribution in [3.63, 3.8) is 0 Å². The second kappa shape index (κ2) is 13.4. The first-order valence-corrected chi connectivity index (χ1v) is 18.5. The maximum Gasteiger partial charge on any atom is 0.335 e. The van der Waals surface area contributed by atoms with E-state index in [4.69, 9.17) is 9.72 Å². The summed E-state index contributed by atoms with van der Waals surface area (Å²) in [4.78, 5) is 16.4. The fourth-order valence-corrected chi connectivity index (χ4v) is 7.17. The standard InChI is InChI=1S/C35H33FIN3O5S/c1-46(43,44)39-26-12-14-29(23-9-7-22(20-37)8-10-23)25(17-26)21-45-28-13-15-30(31(36)19-28)34-38-32-18-24(35(41)42)11-16-33(32)40(34)27-5-3-2-4-6-27/h7-19,27,39H,2-6,20-21H2,1H3,(H,41,42). The molecule has 1 heterocycles. The van der Waals surface area contributed by atoms with E-state index in [9.17, 15) is 18.3 Å². The van der Waals surface area contributed by atoms with E-state index in [2.05, 4.69) is 31.9 Å². The zero-order chi connectivity index (χ0) is 32.4. The molecule has 0 bridgehead atoms. The number of benzene rings is 4. The number of alkyl halides is 1. The smallest absolute Gasteiger partial charge is 0.335 e. The van der Waals surface area contributed by atoms with Crippen molar-refractivity contribution in [1.29, 1.82) is 0 Å². The molecule has 0 aliphatic heterocycles. The number of nitrogens with zero attached hydrogens (tertiary/aromatic N) is 2. The Morgan fingerprint density at radius 1 is 1.00 bits per heavy atom. The minimum atomic E-state index is -3.49. The molecule has 1 aromatic heterocycles. The predicted octanol–water partition coefficient (Wildman–Crippen LogP) is 8.60. The highest BCUT2D eigenvalue weighted by Crippen LogP contribution is 2.38. The van der Waals surface area contributed by atoms with Crippen LogP contribution in [0.25, 0.3) is 33.5 Å². The molecule has 46 heavy (non-hydrogen) atoms. The van der Waals surface area contributed by atoms with E-state index in [1.807, 2.05) is 30.3 Å². The second-order valence-corrected chi connectivity index (χ2v) is 14.1. The van der Waals surface area contributed by atoms with Crippen molar-refractivity contribution in [3.8, 4) is 28.3 Å². The Morgan fingerprint density at radius 2 is 1.74 bits per heavy atom. The Kier molecular flexibility index (Phi) is 9.32. The summed E-state index contributed by atoms with van der Waals surface area (Å²) in [6.07, 6.45) is 6.27. The number of hydrogen-bond donors (Lipinski definition) is 2. The number of fused-ring (bicyclic) bond motifs is 1. The summed E-state index contributed by atoms with van der Waals surface area (Å²) in [6.45, 7) is 0.0694. The zero-order valence-corrected chi connectivity index (χ0v) is 28.1. The van der Waals surface area contributed by atoms with Gasteiger partial charge in [-0.1, -0.05) is 72.2 Å². The third-order valence-corrected chi connectivity index (χ3v) is 9.77. The van der Waals surface area contributed by atoms with Crippen LogP contribution < -0.4 is 9.46 Å². The average Bonchev–Trinajstić information content (AvgIpc) is 3.42. The molecule has 8 nitrogen and oxygen atoms in total. The van der Waals surface area contributed by atoms with E-state index in [0.717, 1.165) is 65.0 Å². The Bertz CT molecular complexity index is 2020. The van der Waals surface area contributed by atoms with Crippen LogP contribution in [0.2, 0.25) is 0 Å². The van der Waals surface area contributed by atoms with Gasteiger partial charge < -0.3 is 14.4 Å². The number of carbonyl (C=O) groups is 1. The summed E-state index contributed by atoms with van der Waals surface area (Å²) in [5, 5.41) is 9.52. The number of aromatic nitrogens is 2. The van der Waals surface area contributed by atoms with E-state index >= 15 is 4.39 Å². The van der Waals surface area contributed by atoms with Crippen LogP contribution >= 0.6 is 22.6 Å². The maximum absolute atomic E-state index is 15.9. The second-order valence-electron chi connectivity index (χ2n) is 11.6. The monoisotopic (exact) mass is 753 g/mol. The molecule has 6 rings (SSSR count). The average molecular weight is 754 g/mol. The molecule has 2 N–H and O–H groups in total. The van der Waals surface area contributed by atoms with E-state index in [1.54, 1.807) is 36.4 Å². The van der Waals surface area contributed by atoms with Gasteiger partial charge in [0.25, 0.3) is 0 Å². The van der Waals surface area contributed by atoms with Gasteiger partial charge in [-0.3, -0.25) is 4.72 Å². The summed E-state index contributed by atoms with van der Waals surface area (Å²) in [5.74, 6) is -0.778. The van der Waals surface area contributed by atoms with Gasteiger partial charge in [-0.05, 0) is 77.6 Å². The molecule has 0 radical (unpaired) electrons. The first kappa shape index (κ1) is 32.0. The van der Waals surface area contributed by atoms with Gasteiger partial charge in [0, 0.05) is 22.2 Å². The largest absolute Gasteiger partial charge is 0.489 e. The fraction of sp³-hybridized carbons (Fsp3) is 0.257. The molecule has 0 spiro atoms. The lowest BCUT2D eigenvalue weighted by atomic mass is 9.94. The van der Waals surface area contributed by atoms with E-state index < -0.39 is 21.8 Å². The molecular formula is C35H33FIN3O5S. The first-order chi connectivity index (χ1) is 22.1. The summed E-state index contributed by atoms with van der Waals surface area (Å²) in [6, 6.07) is 23.1. The fourth-order valence-electron chi connectivity index (χ4n) is 6.10. The van der Waals surface area contributed by atoms with Crippen molar-refractivity contribution in [2.24, 2.45) is 0 Å². The highest BCUT2D eigenvalue weighted by atomic mass is 127. The van der Waals surface area contributed by atoms with Crippen LogP contribution in [0, 0.1) is 5.82 Å². The van der Waals surface area contributed by atoms with Crippen LogP contribution in [-0.4, -0.2) is 35.3 Å². The molecule has 5 aromatic rings. The number of anilines is 1. The zero-order valence-electron chi connectivity index (χ0n) is 25.2. The van der Waals surface area contributed by atoms with Gasteiger partial charge in [-0.15, -0.1) is 0 Å². The van der Waals surface area contributed by atoms with Crippen molar-refractivity contribution < 1.29 is 27.4 Å². The van der Waals surface area contributed by atoms with Gasteiger partial charge in [0.15, 0.2) is 0 Å². The molecule has 0 atom stereocenters. The SMILES string of the molecule is CS(=O)(=O)Nc1ccc(-c2ccc(CI)cc2)c(COc2ccc(-c3nc4cc(C(=O)O)ccc4n3C3CCCCC3)c(F)c2)c1. The molecule has 1 saturated carbocycles. The summed E-state index contributed by atoms with van der Waals surface area (Å²) in [7, 11) is -3.49. The van der Waals surface area contributed by atoms with Crippen LogP contribution in [-0.2, 0) is 21.1 Å². The van der Waals surface area contributed by atoms with E-state index in [1.165, 1.54) is 17.7 Å². The number of imidazole rings is 1. The van der Waals surface area contributed by atoms with Crippen molar-refractivity contribution >= 4 is 55.3 Å². The van der Waals surface area contributed by atoms with Crippen molar-refractivity contribution in [1.82, 2.24) is 9.55 Å². The number of nitrogens with one attached hydrogen (secondary N) is 1. The Balaban J connectivity index is 1.32. The quantitative estimate of drug-likeness (QED) is 0.109. The van der Waals surface area contributed by atoms with Gasteiger partial charge in [-0.25, -0.2) is 22.6 Å². The van der Waals surface area contributed by atoms with Gasteiger partial charge in [0.05, 0.1) is 28.4 Å². The Labute approximate surface area is 280 Å². The topological polar surface area (TPSA) is 111 Å². The molecule has 1 aliphatic rings. The van der Waals surface area contributed by atoms with Crippen LogP contribution in [0.4, 0.5) is 10.1 Å².